The molecular formula is C21H30BrNO4. The van der Waals surface area contributed by atoms with Crippen LogP contribution in [0.25, 0.3) is 0 Å². The standard InChI is InChI=1S/C21H30BrNO4/c1-21(2,3)16-7-8-18(17(22)14-16)27-13-5-6-19(24)23-11-9-15(10-12-23)20(25)26-4/h7-8,14-15H,5-6,9-13H2,1-4H3. The molecular weight excluding hydrogens is 410 g/mol. The van der Waals surface area contributed by atoms with Gasteiger partial charge in [0.15, 0.2) is 0 Å². The number of hydrogen-bond acceptors (Lipinski definition) is 4. The maximum Gasteiger partial charge on any atom is 0.308 e. The molecule has 0 aromatic heterocycles. The number of rotatable bonds is 6. The van der Waals surface area contributed by atoms with E-state index < -0.39 is 0 Å². The van der Waals surface area contributed by atoms with Crippen LogP contribution in [0.2, 0.25) is 0 Å². The van der Waals surface area contributed by atoms with E-state index in [-0.39, 0.29) is 23.2 Å². The molecule has 0 spiro atoms. The van der Waals surface area contributed by atoms with E-state index in [0.29, 0.717) is 45.4 Å². The van der Waals surface area contributed by atoms with Crippen molar-refractivity contribution in [1.82, 2.24) is 4.90 Å². The van der Waals surface area contributed by atoms with Crippen LogP contribution in [-0.4, -0.2) is 43.6 Å². The zero-order chi connectivity index (χ0) is 20.0. The molecule has 1 aliphatic heterocycles. The Morgan fingerprint density at radius 2 is 1.89 bits per heavy atom. The van der Waals surface area contributed by atoms with Crippen LogP contribution < -0.4 is 4.74 Å². The molecule has 6 heteroatoms. The number of nitrogens with zero attached hydrogens (tertiary/aromatic N) is 1. The first-order valence-corrected chi connectivity index (χ1v) is 10.3. The lowest BCUT2D eigenvalue weighted by Crippen LogP contribution is -2.40. The number of methoxy groups -OCH3 is 1. The number of carbonyl (C=O) groups is 2. The minimum atomic E-state index is -0.168. The van der Waals surface area contributed by atoms with E-state index in [0.717, 1.165) is 10.2 Å². The van der Waals surface area contributed by atoms with Gasteiger partial charge in [0.25, 0.3) is 0 Å². The van der Waals surface area contributed by atoms with Gasteiger partial charge in [-0.3, -0.25) is 9.59 Å². The summed E-state index contributed by atoms with van der Waals surface area (Å²) in [4.78, 5) is 25.7. The summed E-state index contributed by atoms with van der Waals surface area (Å²) in [6, 6.07) is 6.15. The van der Waals surface area contributed by atoms with E-state index in [1.54, 1.807) is 0 Å². The first-order valence-electron chi connectivity index (χ1n) is 9.51. The fourth-order valence-electron chi connectivity index (χ4n) is 3.18. The minimum absolute atomic E-state index is 0.0733. The van der Waals surface area contributed by atoms with E-state index in [9.17, 15) is 9.59 Å². The second kappa shape index (κ2) is 9.58. The summed E-state index contributed by atoms with van der Waals surface area (Å²) in [5.74, 6) is 0.688. The molecule has 1 aliphatic rings. The number of ether oxygens (including phenoxy) is 2. The van der Waals surface area contributed by atoms with E-state index in [2.05, 4.69) is 48.8 Å². The topological polar surface area (TPSA) is 55.8 Å². The number of halogens is 1. The van der Waals surface area contributed by atoms with Gasteiger partial charge in [-0.05, 0) is 58.3 Å². The van der Waals surface area contributed by atoms with Gasteiger partial charge in [-0.15, -0.1) is 0 Å². The number of piperidine rings is 1. The lowest BCUT2D eigenvalue weighted by molar-refractivity contribution is -0.148. The first-order chi connectivity index (χ1) is 12.7. The third kappa shape index (κ3) is 6.23. The summed E-state index contributed by atoms with van der Waals surface area (Å²) in [6.45, 7) is 8.27. The van der Waals surface area contributed by atoms with Crippen molar-refractivity contribution in [2.24, 2.45) is 5.92 Å². The van der Waals surface area contributed by atoms with Gasteiger partial charge in [-0.25, -0.2) is 0 Å². The average molecular weight is 440 g/mol. The van der Waals surface area contributed by atoms with E-state index >= 15 is 0 Å². The van der Waals surface area contributed by atoms with Gasteiger partial charge < -0.3 is 14.4 Å². The van der Waals surface area contributed by atoms with E-state index in [1.807, 2.05) is 11.0 Å². The quantitative estimate of drug-likeness (QED) is 0.489. The van der Waals surface area contributed by atoms with Crippen molar-refractivity contribution in [3.63, 3.8) is 0 Å². The molecule has 5 nitrogen and oxygen atoms in total. The van der Waals surface area contributed by atoms with Crippen molar-refractivity contribution in [2.75, 3.05) is 26.8 Å². The summed E-state index contributed by atoms with van der Waals surface area (Å²) in [5.41, 5.74) is 1.33. The Morgan fingerprint density at radius 3 is 2.44 bits per heavy atom. The minimum Gasteiger partial charge on any atom is -0.492 e. The molecule has 0 radical (unpaired) electrons. The summed E-state index contributed by atoms with van der Waals surface area (Å²) in [7, 11) is 1.41. The molecule has 1 fully saturated rings. The predicted octanol–water partition coefficient (Wildman–Crippen LogP) is 4.32. The van der Waals surface area contributed by atoms with E-state index in [1.165, 1.54) is 12.7 Å². The van der Waals surface area contributed by atoms with Crippen LogP contribution in [0.1, 0.15) is 52.0 Å². The third-order valence-corrected chi connectivity index (χ3v) is 5.59. The Hall–Kier alpha value is -1.56. The van der Waals surface area contributed by atoms with Crippen LogP contribution in [-0.2, 0) is 19.7 Å². The highest BCUT2D eigenvalue weighted by Crippen LogP contribution is 2.31. The van der Waals surface area contributed by atoms with Gasteiger partial charge >= 0.3 is 5.97 Å². The largest absolute Gasteiger partial charge is 0.492 e. The van der Waals surface area contributed by atoms with Crippen molar-refractivity contribution in [3.8, 4) is 5.75 Å². The Kier molecular flexibility index (Phi) is 7.71. The molecule has 1 saturated heterocycles. The SMILES string of the molecule is COC(=O)C1CCN(C(=O)CCCOc2ccc(C(C)(C)C)cc2Br)CC1. The van der Waals surface area contributed by atoms with Crippen LogP contribution in [0.3, 0.4) is 0 Å². The van der Waals surface area contributed by atoms with Crippen LogP contribution >= 0.6 is 15.9 Å². The van der Waals surface area contributed by atoms with E-state index in [4.69, 9.17) is 9.47 Å². The number of likely N-dealkylation sites (tertiary alicyclic amines) is 1. The molecule has 27 heavy (non-hydrogen) atoms. The van der Waals surface area contributed by atoms with Gasteiger partial charge in [0.05, 0.1) is 24.1 Å². The number of hydrogen-bond donors (Lipinski definition) is 0. The van der Waals surface area contributed by atoms with Crippen molar-refractivity contribution in [2.45, 2.75) is 51.9 Å². The predicted molar refractivity (Wildman–Crippen MR) is 109 cm³/mol. The van der Waals surface area contributed by atoms with Crippen molar-refractivity contribution < 1.29 is 19.1 Å². The van der Waals surface area contributed by atoms with Crippen molar-refractivity contribution >= 4 is 27.8 Å². The molecule has 0 atom stereocenters. The number of benzene rings is 1. The summed E-state index contributed by atoms with van der Waals surface area (Å²) in [6.07, 6.45) is 2.49. The molecule has 0 N–H and O–H groups in total. The Bertz CT molecular complexity index is 661. The number of amides is 1. The van der Waals surface area contributed by atoms with Crippen LogP contribution in [0.4, 0.5) is 0 Å². The molecule has 1 aromatic rings. The smallest absolute Gasteiger partial charge is 0.308 e. The number of carbonyl (C=O) groups excluding carboxylic acids is 2. The van der Waals surface area contributed by atoms with Gasteiger partial charge in [-0.1, -0.05) is 26.8 Å². The van der Waals surface area contributed by atoms with Crippen LogP contribution in [0.5, 0.6) is 5.75 Å². The zero-order valence-corrected chi connectivity index (χ0v) is 18.3. The van der Waals surface area contributed by atoms with Gasteiger partial charge in [0.2, 0.25) is 5.91 Å². The molecule has 2 rings (SSSR count). The molecule has 0 bridgehead atoms. The van der Waals surface area contributed by atoms with Crippen molar-refractivity contribution in [3.05, 3.63) is 28.2 Å². The molecule has 0 aliphatic carbocycles. The molecule has 1 heterocycles. The fraction of sp³-hybridized carbons (Fsp3) is 0.619. The molecule has 1 aromatic carbocycles. The molecule has 1 amide bonds. The normalized spacial score (nSPS) is 15.5. The Balaban J connectivity index is 1.73. The second-order valence-electron chi connectivity index (χ2n) is 8.03. The van der Waals surface area contributed by atoms with Gasteiger partial charge in [-0.2, -0.15) is 0 Å². The summed E-state index contributed by atoms with van der Waals surface area (Å²) < 4.78 is 11.5. The molecule has 150 valence electrons. The molecule has 0 saturated carbocycles. The maximum absolute atomic E-state index is 12.3. The van der Waals surface area contributed by atoms with Gasteiger partial charge in [0, 0.05) is 19.5 Å². The Morgan fingerprint density at radius 1 is 1.22 bits per heavy atom. The maximum atomic E-state index is 12.3. The highest BCUT2D eigenvalue weighted by molar-refractivity contribution is 9.10. The highest BCUT2D eigenvalue weighted by atomic mass is 79.9. The summed E-state index contributed by atoms with van der Waals surface area (Å²) >= 11 is 3.57. The van der Waals surface area contributed by atoms with Crippen LogP contribution in [0, 0.1) is 5.92 Å². The first kappa shape index (κ1) is 21.7. The second-order valence-corrected chi connectivity index (χ2v) is 8.88. The zero-order valence-electron chi connectivity index (χ0n) is 16.7. The highest BCUT2D eigenvalue weighted by Gasteiger charge is 2.27. The number of esters is 1. The fourth-order valence-corrected chi connectivity index (χ4v) is 3.67. The lowest BCUT2D eigenvalue weighted by atomic mass is 9.87. The monoisotopic (exact) mass is 439 g/mol. The Labute approximate surface area is 170 Å². The lowest BCUT2D eigenvalue weighted by Gasteiger charge is -2.30. The molecule has 0 unspecified atom stereocenters. The van der Waals surface area contributed by atoms with Crippen molar-refractivity contribution in [1.29, 1.82) is 0 Å². The van der Waals surface area contributed by atoms with Gasteiger partial charge in [0.1, 0.15) is 5.75 Å². The average Bonchev–Trinajstić information content (AvgIpc) is 2.64. The third-order valence-electron chi connectivity index (χ3n) is 4.97. The van der Waals surface area contributed by atoms with Crippen LogP contribution in [0.15, 0.2) is 22.7 Å². The summed E-state index contributed by atoms with van der Waals surface area (Å²) in [5, 5.41) is 0.